The van der Waals surface area contributed by atoms with Crippen LogP contribution in [0.5, 0.6) is 0 Å². The Hall–Kier alpha value is -6.27. The zero-order valence-electron chi connectivity index (χ0n) is 38.7. The van der Waals surface area contributed by atoms with Crippen LogP contribution < -0.4 is 10.2 Å². The molecule has 8 rings (SSSR count). The van der Waals surface area contributed by atoms with Crippen LogP contribution in [0.1, 0.15) is 100 Å². The van der Waals surface area contributed by atoms with E-state index in [0.717, 1.165) is 56.6 Å². The molecule has 0 spiro atoms. The molecule has 2 aromatic heterocycles. The number of hydrogen-bond donors (Lipinski definition) is 4. The zero-order chi connectivity index (χ0) is 47.1. The number of imidazole rings is 2. The fourth-order valence-electron chi connectivity index (χ4n) is 10.3. The molecule has 3 saturated heterocycles. The minimum absolute atomic E-state index is 0.101. The highest BCUT2D eigenvalue weighted by molar-refractivity contribution is 5.87. The predicted octanol–water partition coefficient (Wildman–Crippen LogP) is 7.25. The largest absolute Gasteiger partial charge is 0.465 e. The smallest absolute Gasteiger partial charge is 0.407 e. The molecule has 3 fully saturated rings. The van der Waals surface area contributed by atoms with Gasteiger partial charge in [-0.05, 0) is 84.3 Å². The van der Waals surface area contributed by atoms with E-state index in [1.165, 1.54) is 26.3 Å². The Labute approximate surface area is 383 Å². The Morgan fingerprint density at radius 1 is 0.742 bits per heavy atom. The molecule has 5 heterocycles. The van der Waals surface area contributed by atoms with Crippen LogP contribution in [0.2, 0.25) is 0 Å². The first-order chi connectivity index (χ1) is 31.6. The standard InChI is InChI=1S/C48H60FN9O8/c1-25(2)41(54-47(61)66-8)45(59)56-23-31(64-6)21-39(56)43-50-33-15-9-27(19-35(33)52-43)37-17-18-38(58(37)30-13-11-29(49)12-14-30)28-10-16-34-36(20-28)53-44(51-34)40-22-32(65-7)24-57(40)46(60)42(26(3)4)55(5)48(62)63/h9-16,19-20,25-26,31-32,37-42H,17-18,21-24H2,1-8H3,(H,50,52)(H,51,53)(H,54,61)(H,62,63)/t31-,32-,37+,38+,39-,40-,41-,42-/m0/s1. The number of anilines is 1. The molecule has 17 nitrogen and oxygen atoms in total. The number of aromatic amines is 2. The second kappa shape index (κ2) is 18.9. The van der Waals surface area contributed by atoms with Gasteiger partial charge in [0.2, 0.25) is 11.8 Å². The molecule has 66 heavy (non-hydrogen) atoms. The van der Waals surface area contributed by atoms with E-state index in [0.29, 0.717) is 37.6 Å². The SMILES string of the molecule is COC(=O)N[C@H](C(=O)N1C[C@@H](OC)C[C@H]1c1nc2cc([C@H]3CC[C@H](c4ccc5[nH]c([C@@H]6C[C@H](OC)CN6C(=O)[C@H](C(C)C)N(C)C(=O)O)nc5c4)N3c3ccc(F)cc3)ccc2[nH]1)C(C)C. The number of likely N-dealkylation sites (tertiary alicyclic amines) is 2. The van der Waals surface area contributed by atoms with Crippen LogP contribution in [0.25, 0.3) is 22.1 Å². The van der Waals surface area contributed by atoms with Gasteiger partial charge in [0, 0.05) is 52.9 Å². The van der Waals surface area contributed by atoms with Crippen molar-refractivity contribution in [3.8, 4) is 0 Å². The number of H-pyrrole nitrogens is 2. The molecule has 0 saturated carbocycles. The van der Waals surface area contributed by atoms with Gasteiger partial charge in [-0.2, -0.15) is 0 Å². The Bertz CT molecular complexity index is 2580. The molecule has 0 unspecified atom stereocenters. The topological polar surface area (TPSA) is 199 Å². The van der Waals surface area contributed by atoms with E-state index in [1.807, 2.05) is 39.8 Å². The Morgan fingerprint density at radius 3 is 1.68 bits per heavy atom. The maximum absolute atomic E-state index is 14.4. The van der Waals surface area contributed by atoms with Crippen LogP contribution in [0.3, 0.4) is 0 Å². The van der Waals surface area contributed by atoms with Crippen LogP contribution >= 0.6 is 0 Å². The van der Waals surface area contributed by atoms with Gasteiger partial charge in [0.1, 0.15) is 29.5 Å². The number of nitrogens with one attached hydrogen (secondary N) is 3. The molecule has 0 bridgehead atoms. The van der Waals surface area contributed by atoms with E-state index >= 15 is 0 Å². The van der Waals surface area contributed by atoms with Crippen LogP contribution in [0, 0.1) is 17.7 Å². The first-order valence-electron chi connectivity index (χ1n) is 22.6. The summed E-state index contributed by atoms with van der Waals surface area (Å²) in [5, 5.41) is 12.5. The molecular formula is C48H60FN9O8. The third-order valence-electron chi connectivity index (χ3n) is 13.7. The van der Waals surface area contributed by atoms with Crippen molar-refractivity contribution in [2.75, 3.05) is 46.4 Å². The van der Waals surface area contributed by atoms with Crippen molar-refractivity contribution in [2.45, 2.75) is 102 Å². The highest BCUT2D eigenvalue weighted by Crippen LogP contribution is 2.48. The highest BCUT2D eigenvalue weighted by atomic mass is 19.1. The summed E-state index contributed by atoms with van der Waals surface area (Å²) in [6, 6.07) is 16.1. The molecule has 5 aromatic rings. The van der Waals surface area contributed by atoms with Gasteiger partial charge in [0.05, 0.1) is 65.6 Å². The molecule has 3 aliphatic heterocycles. The fourth-order valence-corrected chi connectivity index (χ4v) is 10.3. The van der Waals surface area contributed by atoms with E-state index in [4.69, 9.17) is 24.2 Å². The van der Waals surface area contributed by atoms with Crippen molar-refractivity contribution in [1.29, 1.82) is 0 Å². The molecular weight excluding hydrogens is 850 g/mol. The van der Waals surface area contributed by atoms with Gasteiger partial charge in [0.15, 0.2) is 0 Å². The van der Waals surface area contributed by atoms with Crippen molar-refractivity contribution < 1.29 is 42.9 Å². The number of nitrogens with zero attached hydrogens (tertiary/aromatic N) is 6. The Kier molecular flexibility index (Phi) is 13.3. The third kappa shape index (κ3) is 8.87. The maximum atomic E-state index is 14.4. The summed E-state index contributed by atoms with van der Waals surface area (Å²) in [5.74, 6) is -0.103. The molecule has 3 aliphatic rings. The summed E-state index contributed by atoms with van der Waals surface area (Å²) >= 11 is 0. The first-order valence-corrected chi connectivity index (χ1v) is 22.6. The fraction of sp³-hybridized carbons (Fsp3) is 0.500. The average Bonchev–Trinajstić information content (AvgIpc) is 4.15. The van der Waals surface area contributed by atoms with Gasteiger partial charge in [-0.3, -0.25) is 14.5 Å². The van der Waals surface area contributed by atoms with Crippen LogP contribution in [0.15, 0.2) is 60.7 Å². The lowest BCUT2D eigenvalue weighted by atomic mass is 10.0. The van der Waals surface area contributed by atoms with Crippen molar-refractivity contribution in [3.05, 3.63) is 89.3 Å². The normalized spacial score (nSPS) is 23.0. The van der Waals surface area contributed by atoms with Gasteiger partial charge in [-0.25, -0.2) is 23.9 Å². The number of carboxylic acid groups (broad SMARTS) is 1. The van der Waals surface area contributed by atoms with Crippen molar-refractivity contribution >= 4 is 51.8 Å². The number of methoxy groups -OCH3 is 3. The summed E-state index contributed by atoms with van der Waals surface area (Å²) in [7, 11) is 5.92. The second-order valence-electron chi connectivity index (χ2n) is 18.4. The van der Waals surface area contributed by atoms with Crippen molar-refractivity contribution in [2.24, 2.45) is 11.8 Å². The quantitative estimate of drug-likeness (QED) is 0.0928. The molecule has 4 amide bonds. The van der Waals surface area contributed by atoms with Crippen LogP contribution in [-0.2, 0) is 23.8 Å². The minimum Gasteiger partial charge on any atom is -0.465 e. The van der Waals surface area contributed by atoms with Crippen molar-refractivity contribution in [3.63, 3.8) is 0 Å². The van der Waals surface area contributed by atoms with Gasteiger partial charge in [-0.15, -0.1) is 0 Å². The lowest BCUT2D eigenvalue weighted by Gasteiger charge is -2.33. The minimum atomic E-state index is -1.17. The summed E-state index contributed by atoms with van der Waals surface area (Å²) in [6.45, 7) is 8.06. The molecule has 0 radical (unpaired) electrons. The number of fused-ring (bicyclic) bond motifs is 2. The molecule has 352 valence electrons. The van der Waals surface area contributed by atoms with Gasteiger partial charge >= 0.3 is 12.2 Å². The van der Waals surface area contributed by atoms with Crippen LogP contribution in [0.4, 0.5) is 19.7 Å². The number of carbonyl (C=O) groups is 4. The average molecular weight is 910 g/mol. The monoisotopic (exact) mass is 909 g/mol. The number of hydrogen-bond acceptors (Lipinski definition) is 10. The zero-order valence-corrected chi connectivity index (χ0v) is 38.7. The van der Waals surface area contributed by atoms with Gasteiger partial charge in [-0.1, -0.05) is 39.8 Å². The predicted molar refractivity (Wildman–Crippen MR) is 244 cm³/mol. The summed E-state index contributed by atoms with van der Waals surface area (Å²) in [6.07, 6.45) is 0.280. The highest BCUT2D eigenvalue weighted by Gasteiger charge is 2.45. The van der Waals surface area contributed by atoms with Crippen molar-refractivity contribution in [1.82, 2.24) is 40.0 Å². The Morgan fingerprint density at radius 2 is 1.24 bits per heavy atom. The van der Waals surface area contributed by atoms with E-state index < -0.39 is 36.4 Å². The maximum Gasteiger partial charge on any atom is 0.407 e. The number of aromatic nitrogens is 4. The summed E-state index contributed by atoms with van der Waals surface area (Å²) in [5.41, 5.74) is 5.98. The number of alkyl carbamates (subject to hydrolysis) is 1. The van der Waals surface area contributed by atoms with E-state index in [-0.39, 0.29) is 53.8 Å². The summed E-state index contributed by atoms with van der Waals surface area (Å²) < 4.78 is 30.7. The third-order valence-corrected chi connectivity index (χ3v) is 13.7. The molecule has 4 N–H and O–H groups in total. The number of halogens is 1. The lowest BCUT2D eigenvalue weighted by molar-refractivity contribution is -0.139. The van der Waals surface area contributed by atoms with E-state index in [1.54, 1.807) is 36.2 Å². The first kappa shape index (κ1) is 46.3. The van der Waals surface area contributed by atoms with Crippen LogP contribution in [-0.4, -0.2) is 130 Å². The molecule has 3 aromatic carbocycles. The molecule has 18 heteroatoms. The van der Waals surface area contributed by atoms with Gasteiger partial charge in [0.25, 0.3) is 0 Å². The lowest BCUT2D eigenvalue weighted by Crippen LogP contribution is -2.51. The molecule has 0 aliphatic carbocycles. The van der Waals surface area contributed by atoms with Gasteiger partial charge < -0.3 is 49.3 Å². The second-order valence-corrected chi connectivity index (χ2v) is 18.4. The number of benzene rings is 3. The number of rotatable bonds is 13. The van der Waals surface area contributed by atoms with E-state index in [2.05, 4.69) is 44.5 Å². The number of carbonyl (C=O) groups excluding carboxylic acids is 3. The number of likely N-dealkylation sites (N-methyl/N-ethyl adjacent to an activating group) is 1. The number of amides is 4. The summed E-state index contributed by atoms with van der Waals surface area (Å²) in [4.78, 5) is 76.2. The Balaban J connectivity index is 1.09. The molecule has 8 atom stereocenters. The van der Waals surface area contributed by atoms with E-state index in [9.17, 15) is 28.7 Å². The number of ether oxygens (including phenoxy) is 3.